The Bertz CT molecular complexity index is 705. The Morgan fingerprint density at radius 3 is 2.86 bits per heavy atom. The maximum Gasteiger partial charge on any atom is 0.249 e. The molecule has 2 aromatic heterocycles. The van der Waals surface area contributed by atoms with E-state index in [1.165, 1.54) is 0 Å². The first kappa shape index (κ1) is 14.5. The predicted molar refractivity (Wildman–Crippen MR) is 81.7 cm³/mol. The predicted octanol–water partition coefficient (Wildman–Crippen LogP) is 1.00. The molecule has 7 heteroatoms. The van der Waals surface area contributed by atoms with Crippen LogP contribution >= 0.6 is 11.3 Å². The second kappa shape index (κ2) is 6.15. The molecule has 0 aromatic carbocycles. The Morgan fingerprint density at radius 2 is 2.14 bits per heavy atom. The van der Waals surface area contributed by atoms with Crippen LogP contribution < -0.4 is 10.6 Å². The molecule has 1 unspecified atom stereocenters. The fourth-order valence-corrected chi connectivity index (χ4v) is 3.30. The van der Waals surface area contributed by atoms with Gasteiger partial charge in [-0.3, -0.25) is 19.7 Å². The summed E-state index contributed by atoms with van der Waals surface area (Å²) in [6.07, 6.45) is 4.66. The van der Waals surface area contributed by atoms with Crippen molar-refractivity contribution in [3.8, 4) is 5.00 Å². The average molecular weight is 317 g/mol. The van der Waals surface area contributed by atoms with Crippen molar-refractivity contribution in [3.05, 3.63) is 41.5 Å². The third-order valence-electron chi connectivity index (χ3n) is 3.49. The van der Waals surface area contributed by atoms with E-state index in [9.17, 15) is 14.4 Å². The summed E-state index contributed by atoms with van der Waals surface area (Å²) in [5, 5.41) is 7.85. The fraction of sp³-hybridized carbons (Fsp3) is 0.267. The van der Waals surface area contributed by atoms with Gasteiger partial charge in [0.05, 0.1) is 6.42 Å². The summed E-state index contributed by atoms with van der Waals surface area (Å²) in [4.78, 5) is 34.9. The van der Waals surface area contributed by atoms with Gasteiger partial charge in [-0.1, -0.05) is 0 Å². The number of nitrogens with one attached hydrogen (secondary N) is 2. The number of nitrogens with zero attached hydrogens (tertiary/aromatic N) is 1. The number of hydrogen-bond donors (Lipinski definition) is 2. The van der Waals surface area contributed by atoms with Crippen molar-refractivity contribution in [2.75, 3.05) is 0 Å². The lowest BCUT2D eigenvalue weighted by atomic mass is 10.1. The number of rotatable bonds is 4. The summed E-state index contributed by atoms with van der Waals surface area (Å²) in [5.74, 6) is -0.940. The van der Waals surface area contributed by atoms with Gasteiger partial charge in [0.15, 0.2) is 0 Å². The van der Waals surface area contributed by atoms with E-state index >= 15 is 0 Å². The summed E-state index contributed by atoms with van der Waals surface area (Å²) >= 11 is 1.56. The Kier molecular flexibility index (Phi) is 4.06. The van der Waals surface area contributed by atoms with E-state index in [1.54, 1.807) is 11.3 Å². The Morgan fingerprint density at radius 1 is 1.36 bits per heavy atom. The average Bonchev–Trinajstić information content (AvgIpc) is 3.12. The molecule has 6 nitrogen and oxygen atoms in total. The number of piperidine rings is 1. The van der Waals surface area contributed by atoms with Crippen molar-refractivity contribution in [1.82, 2.24) is 15.2 Å². The van der Waals surface area contributed by atoms with E-state index in [-0.39, 0.29) is 24.7 Å². The quantitative estimate of drug-likeness (QED) is 0.826. The lowest BCUT2D eigenvalue weighted by Gasteiger charge is -2.21. The van der Waals surface area contributed by atoms with Crippen LogP contribution in [0.15, 0.2) is 36.0 Å². The van der Waals surface area contributed by atoms with Crippen molar-refractivity contribution in [2.24, 2.45) is 0 Å². The third-order valence-corrected chi connectivity index (χ3v) is 4.46. The highest BCUT2D eigenvalue weighted by molar-refractivity contribution is 7.12. The number of imide groups is 1. The molecule has 0 aliphatic carbocycles. The number of amides is 3. The standard InChI is InChI=1S/C15H15N3O3S/c19-12-4-3-11(14(21)17-12)16-13(20)9-10-5-8-22-15(10)18-6-1-2-7-18/h1-2,5-8,11H,3-4,9H2,(H,16,20)(H,17,19,21). The molecular formula is C15H15N3O3S. The van der Waals surface area contributed by atoms with Crippen molar-refractivity contribution in [2.45, 2.75) is 25.3 Å². The zero-order valence-electron chi connectivity index (χ0n) is 11.7. The maximum atomic E-state index is 12.1. The molecule has 0 saturated carbocycles. The summed E-state index contributed by atoms with van der Waals surface area (Å²) in [5.41, 5.74) is 0.908. The Hall–Kier alpha value is -2.41. The number of carbonyl (C=O) groups excluding carboxylic acids is 3. The number of carbonyl (C=O) groups is 3. The largest absolute Gasteiger partial charge is 0.344 e. The van der Waals surface area contributed by atoms with Crippen LogP contribution in [-0.2, 0) is 20.8 Å². The van der Waals surface area contributed by atoms with Gasteiger partial charge in [0, 0.05) is 18.8 Å². The van der Waals surface area contributed by atoms with Crippen molar-refractivity contribution >= 4 is 29.1 Å². The lowest BCUT2D eigenvalue weighted by Crippen LogP contribution is -2.52. The van der Waals surface area contributed by atoms with Gasteiger partial charge in [-0.15, -0.1) is 11.3 Å². The lowest BCUT2D eigenvalue weighted by molar-refractivity contribution is -0.137. The normalized spacial score (nSPS) is 18.1. The molecule has 3 amide bonds. The van der Waals surface area contributed by atoms with Gasteiger partial charge in [-0.05, 0) is 35.6 Å². The van der Waals surface area contributed by atoms with Crippen LogP contribution in [0.25, 0.3) is 5.00 Å². The zero-order valence-corrected chi connectivity index (χ0v) is 12.6. The molecule has 1 aliphatic heterocycles. The van der Waals surface area contributed by atoms with Gasteiger partial charge in [-0.2, -0.15) is 0 Å². The first-order valence-corrected chi connectivity index (χ1v) is 7.84. The van der Waals surface area contributed by atoms with E-state index in [2.05, 4.69) is 10.6 Å². The molecule has 2 aromatic rings. The van der Waals surface area contributed by atoms with E-state index in [0.29, 0.717) is 6.42 Å². The minimum atomic E-state index is -0.626. The number of aromatic nitrogens is 1. The fourth-order valence-electron chi connectivity index (χ4n) is 2.41. The first-order valence-electron chi connectivity index (χ1n) is 6.96. The minimum absolute atomic E-state index is 0.203. The number of thiophene rings is 1. The Labute approximate surface area is 131 Å². The highest BCUT2D eigenvalue weighted by Gasteiger charge is 2.27. The molecule has 1 aliphatic rings. The van der Waals surface area contributed by atoms with E-state index in [1.807, 2.05) is 40.5 Å². The highest BCUT2D eigenvalue weighted by atomic mass is 32.1. The maximum absolute atomic E-state index is 12.1. The molecule has 3 heterocycles. The van der Waals surface area contributed by atoms with E-state index in [4.69, 9.17) is 0 Å². The summed E-state index contributed by atoms with van der Waals surface area (Å²) < 4.78 is 1.96. The molecule has 0 radical (unpaired) electrons. The summed E-state index contributed by atoms with van der Waals surface area (Å²) in [7, 11) is 0. The SMILES string of the molecule is O=C1CCC(NC(=O)Cc2ccsc2-n2cccc2)C(=O)N1. The third kappa shape index (κ3) is 3.09. The van der Waals surface area contributed by atoms with Crippen molar-refractivity contribution in [1.29, 1.82) is 0 Å². The molecule has 1 fully saturated rings. The van der Waals surface area contributed by atoms with Gasteiger partial charge in [-0.25, -0.2) is 0 Å². The molecule has 22 heavy (non-hydrogen) atoms. The van der Waals surface area contributed by atoms with Gasteiger partial charge in [0.25, 0.3) is 0 Å². The molecule has 1 saturated heterocycles. The van der Waals surface area contributed by atoms with Crippen LogP contribution in [0, 0.1) is 0 Å². The number of hydrogen-bond acceptors (Lipinski definition) is 4. The smallest absolute Gasteiger partial charge is 0.249 e. The molecule has 3 rings (SSSR count). The highest BCUT2D eigenvalue weighted by Crippen LogP contribution is 2.22. The van der Waals surface area contributed by atoms with E-state index in [0.717, 1.165) is 10.6 Å². The second-order valence-electron chi connectivity index (χ2n) is 5.09. The topological polar surface area (TPSA) is 80.2 Å². The zero-order chi connectivity index (χ0) is 15.5. The van der Waals surface area contributed by atoms with Crippen LogP contribution in [-0.4, -0.2) is 28.3 Å². The molecule has 0 spiro atoms. The van der Waals surface area contributed by atoms with Gasteiger partial charge in [0.2, 0.25) is 17.7 Å². The molecule has 2 N–H and O–H groups in total. The summed E-state index contributed by atoms with van der Waals surface area (Å²) in [6.45, 7) is 0. The van der Waals surface area contributed by atoms with Crippen LogP contribution in [0.5, 0.6) is 0 Å². The molecular weight excluding hydrogens is 302 g/mol. The van der Waals surface area contributed by atoms with Gasteiger partial charge in [0.1, 0.15) is 11.0 Å². The summed E-state index contributed by atoms with van der Waals surface area (Å²) in [6, 6.07) is 5.13. The molecule has 114 valence electrons. The van der Waals surface area contributed by atoms with Gasteiger partial charge < -0.3 is 9.88 Å². The van der Waals surface area contributed by atoms with Crippen LogP contribution in [0.3, 0.4) is 0 Å². The van der Waals surface area contributed by atoms with Gasteiger partial charge >= 0.3 is 0 Å². The van der Waals surface area contributed by atoms with Crippen LogP contribution in [0.4, 0.5) is 0 Å². The van der Waals surface area contributed by atoms with E-state index < -0.39 is 11.9 Å². The minimum Gasteiger partial charge on any atom is -0.344 e. The van der Waals surface area contributed by atoms with Crippen molar-refractivity contribution < 1.29 is 14.4 Å². The first-order chi connectivity index (χ1) is 10.6. The van der Waals surface area contributed by atoms with Crippen molar-refractivity contribution in [3.63, 3.8) is 0 Å². The second-order valence-corrected chi connectivity index (χ2v) is 5.98. The monoisotopic (exact) mass is 317 g/mol. The molecule has 0 bridgehead atoms. The van der Waals surface area contributed by atoms with Crippen LogP contribution in [0.1, 0.15) is 18.4 Å². The Balaban J connectivity index is 1.64. The van der Waals surface area contributed by atoms with Crippen LogP contribution in [0.2, 0.25) is 0 Å². The molecule has 1 atom stereocenters.